The van der Waals surface area contributed by atoms with E-state index >= 15 is 0 Å². The molecule has 86 valence electrons. The molecule has 0 fully saturated rings. The highest BCUT2D eigenvalue weighted by molar-refractivity contribution is 6.66. The maximum atomic E-state index is 13.6. The minimum atomic E-state index is -0.749. The van der Waals surface area contributed by atoms with Crippen LogP contribution in [0, 0.1) is 5.82 Å². The van der Waals surface area contributed by atoms with Crippen molar-refractivity contribution in [1.29, 1.82) is 0 Å². The van der Waals surface area contributed by atoms with E-state index in [0.29, 0.717) is 5.69 Å². The Bertz CT molecular complexity index is 530. The molecule has 0 radical (unpaired) electrons. The number of benzene rings is 2. The normalized spacial score (nSPS) is 10.0. The molecule has 2 rings (SSSR count). The van der Waals surface area contributed by atoms with Crippen molar-refractivity contribution in [3.8, 4) is 0 Å². The van der Waals surface area contributed by atoms with Gasteiger partial charge in [-0.2, -0.15) is 0 Å². The SMILES string of the molecule is O=C(Cl)N(c1ccccc1)c1ccccc1F. The summed E-state index contributed by atoms with van der Waals surface area (Å²) in [5.74, 6) is -0.495. The van der Waals surface area contributed by atoms with Gasteiger partial charge in [-0.3, -0.25) is 9.69 Å². The van der Waals surface area contributed by atoms with Gasteiger partial charge in [0.1, 0.15) is 5.82 Å². The van der Waals surface area contributed by atoms with E-state index in [1.807, 2.05) is 6.07 Å². The van der Waals surface area contributed by atoms with E-state index in [-0.39, 0.29) is 5.69 Å². The number of hydrogen-bond donors (Lipinski definition) is 0. The molecule has 2 aromatic rings. The monoisotopic (exact) mass is 249 g/mol. The first-order valence-electron chi connectivity index (χ1n) is 4.99. The Kier molecular flexibility index (Phi) is 3.40. The number of nitrogens with zero attached hydrogens (tertiary/aromatic N) is 1. The van der Waals surface area contributed by atoms with E-state index in [9.17, 15) is 9.18 Å². The Labute approximate surface area is 103 Å². The molecule has 2 nitrogen and oxygen atoms in total. The zero-order chi connectivity index (χ0) is 12.3. The average Bonchev–Trinajstić information content (AvgIpc) is 2.33. The number of para-hydroxylation sites is 2. The standard InChI is InChI=1S/C13H9ClFNO/c14-13(17)16(10-6-2-1-3-7-10)12-9-5-4-8-11(12)15/h1-9H. The second-order valence-corrected chi connectivity index (χ2v) is 3.70. The fourth-order valence-corrected chi connectivity index (χ4v) is 1.73. The second kappa shape index (κ2) is 4.97. The average molecular weight is 250 g/mol. The van der Waals surface area contributed by atoms with Crippen molar-refractivity contribution in [3.63, 3.8) is 0 Å². The molecule has 0 aliphatic heterocycles. The number of anilines is 2. The molecule has 0 N–H and O–H groups in total. The molecule has 0 aliphatic carbocycles. The van der Waals surface area contributed by atoms with E-state index in [1.165, 1.54) is 12.1 Å². The van der Waals surface area contributed by atoms with Gasteiger partial charge < -0.3 is 0 Å². The smallest absolute Gasteiger partial charge is 0.265 e. The van der Waals surface area contributed by atoms with Crippen LogP contribution < -0.4 is 4.90 Å². The maximum Gasteiger partial charge on any atom is 0.325 e. The van der Waals surface area contributed by atoms with Crippen LogP contribution in [0.25, 0.3) is 0 Å². The number of amides is 1. The van der Waals surface area contributed by atoms with Gasteiger partial charge in [0.2, 0.25) is 0 Å². The van der Waals surface area contributed by atoms with Gasteiger partial charge in [0, 0.05) is 0 Å². The lowest BCUT2D eigenvalue weighted by Gasteiger charge is -2.20. The van der Waals surface area contributed by atoms with Gasteiger partial charge in [0.15, 0.2) is 0 Å². The largest absolute Gasteiger partial charge is 0.325 e. The molecule has 0 heterocycles. The highest BCUT2D eigenvalue weighted by atomic mass is 35.5. The van der Waals surface area contributed by atoms with Crippen LogP contribution in [0.15, 0.2) is 54.6 Å². The fraction of sp³-hybridized carbons (Fsp3) is 0. The van der Waals surface area contributed by atoms with Crippen LogP contribution in [0.1, 0.15) is 0 Å². The van der Waals surface area contributed by atoms with E-state index in [4.69, 9.17) is 11.6 Å². The Balaban J connectivity index is 2.51. The number of carbonyl (C=O) groups excluding carboxylic acids is 1. The molecule has 0 spiro atoms. The lowest BCUT2D eigenvalue weighted by atomic mass is 10.2. The van der Waals surface area contributed by atoms with E-state index < -0.39 is 11.2 Å². The lowest BCUT2D eigenvalue weighted by Crippen LogP contribution is -2.20. The van der Waals surface area contributed by atoms with Crippen LogP contribution in [-0.2, 0) is 0 Å². The van der Waals surface area contributed by atoms with Gasteiger partial charge in [0.25, 0.3) is 0 Å². The van der Waals surface area contributed by atoms with Crippen molar-refractivity contribution >= 4 is 28.3 Å². The molecule has 1 amide bonds. The summed E-state index contributed by atoms with van der Waals surface area (Å²) in [5.41, 5.74) is 0.663. The van der Waals surface area contributed by atoms with Gasteiger partial charge in [-0.15, -0.1) is 0 Å². The van der Waals surface area contributed by atoms with E-state index in [1.54, 1.807) is 36.4 Å². The quantitative estimate of drug-likeness (QED) is 0.573. The van der Waals surface area contributed by atoms with Crippen molar-refractivity contribution in [2.24, 2.45) is 0 Å². The van der Waals surface area contributed by atoms with Crippen molar-refractivity contribution in [1.82, 2.24) is 0 Å². The summed E-state index contributed by atoms with van der Waals surface area (Å²) < 4.78 is 13.6. The Morgan fingerprint density at radius 2 is 1.59 bits per heavy atom. The second-order valence-electron chi connectivity index (χ2n) is 3.38. The van der Waals surface area contributed by atoms with Crippen LogP contribution in [0.4, 0.5) is 20.6 Å². The van der Waals surface area contributed by atoms with E-state index in [2.05, 4.69) is 0 Å². The number of rotatable bonds is 2. The van der Waals surface area contributed by atoms with Crippen molar-refractivity contribution in [2.45, 2.75) is 0 Å². The molecule has 0 unspecified atom stereocenters. The summed E-state index contributed by atoms with van der Waals surface area (Å²) in [6.07, 6.45) is 0. The van der Waals surface area contributed by atoms with E-state index in [0.717, 1.165) is 4.90 Å². The third-order valence-corrected chi connectivity index (χ3v) is 2.45. The molecule has 0 bridgehead atoms. The van der Waals surface area contributed by atoms with Gasteiger partial charge >= 0.3 is 5.37 Å². The highest BCUT2D eigenvalue weighted by Gasteiger charge is 2.18. The first-order valence-corrected chi connectivity index (χ1v) is 5.37. The Morgan fingerprint density at radius 1 is 1.00 bits per heavy atom. The first-order chi connectivity index (χ1) is 8.20. The minimum Gasteiger partial charge on any atom is -0.265 e. The first kappa shape index (κ1) is 11.6. The molecule has 4 heteroatoms. The molecule has 17 heavy (non-hydrogen) atoms. The predicted molar refractivity (Wildman–Crippen MR) is 66.2 cm³/mol. The molecule has 0 aliphatic rings. The molecule has 2 aromatic carbocycles. The lowest BCUT2D eigenvalue weighted by molar-refractivity contribution is 0.266. The van der Waals surface area contributed by atoms with Gasteiger partial charge in [-0.05, 0) is 35.9 Å². The number of hydrogen-bond acceptors (Lipinski definition) is 1. The summed E-state index contributed by atoms with van der Waals surface area (Å²) in [5, 5.41) is -0.749. The predicted octanol–water partition coefficient (Wildman–Crippen LogP) is 4.32. The molecule has 0 saturated carbocycles. The fourth-order valence-electron chi connectivity index (χ4n) is 1.55. The Morgan fingerprint density at radius 3 is 2.18 bits per heavy atom. The summed E-state index contributed by atoms with van der Waals surface area (Å²) in [4.78, 5) is 12.5. The van der Waals surface area contributed by atoms with Crippen LogP contribution in [0.5, 0.6) is 0 Å². The van der Waals surface area contributed by atoms with Crippen LogP contribution >= 0.6 is 11.6 Å². The zero-order valence-corrected chi connectivity index (χ0v) is 9.56. The van der Waals surface area contributed by atoms with Gasteiger partial charge in [-0.25, -0.2) is 4.39 Å². The molecule has 0 aromatic heterocycles. The maximum absolute atomic E-state index is 13.6. The third kappa shape index (κ3) is 2.45. The van der Waals surface area contributed by atoms with Crippen LogP contribution in [-0.4, -0.2) is 5.37 Å². The minimum absolute atomic E-state index is 0.138. The van der Waals surface area contributed by atoms with Gasteiger partial charge in [0.05, 0.1) is 11.4 Å². The Hall–Kier alpha value is -1.87. The third-order valence-electron chi connectivity index (χ3n) is 2.28. The van der Waals surface area contributed by atoms with Crippen molar-refractivity contribution in [3.05, 3.63) is 60.4 Å². The molecule has 0 saturated heterocycles. The molecular weight excluding hydrogens is 241 g/mol. The van der Waals surface area contributed by atoms with Gasteiger partial charge in [-0.1, -0.05) is 30.3 Å². The number of halogens is 2. The molecule has 0 atom stereocenters. The molecular formula is C13H9ClFNO. The zero-order valence-electron chi connectivity index (χ0n) is 8.81. The summed E-state index contributed by atoms with van der Waals surface area (Å²) in [6, 6.07) is 14.7. The summed E-state index contributed by atoms with van der Waals surface area (Å²) >= 11 is 5.51. The van der Waals surface area contributed by atoms with Crippen LogP contribution in [0.2, 0.25) is 0 Å². The topological polar surface area (TPSA) is 20.3 Å². The summed E-state index contributed by atoms with van der Waals surface area (Å²) in [6.45, 7) is 0. The van der Waals surface area contributed by atoms with Crippen molar-refractivity contribution in [2.75, 3.05) is 4.90 Å². The van der Waals surface area contributed by atoms with Crippen molar-refractivity contribution < 1.29 is 9.18 Å². The highest BCUT2D eigenvalue weighted by Crippen LogP contribution is 2.28. The number of carbonyl (C=O) groups is 1. The van der Waals surface area contributed by atoms with Crippen LogP contribution in [0.3, 0.4) is 0 Å². The summed E-state index contributed by atoms with van der Waals surface area (Å²) in [7, 11) is 0.